The van der Waals surface area contributed by atoms with E-state index in [0.717, 1.165) is 24.2 Å². The number of ether oxygens (including phenoxy) is 1. The number of thiazole rings is 1. The van der Waals surface area contributed by atoms with Crippen LogP contribution in [0.3, 0.4) is 0 Å². The number of anilines is 1. The molecule has 4 nitrogen and oxygen atoms in total. The number of hydrogen-bond acceptors (Lipinski definition) is 5. The molecule has 0 N–H and O–H groups in total. The first kappa shape index (κ1) is 18.1. The van der Waals surface area contributed by atoms with Gasteiger partial charge in [-0.05, 0) is 31.0 Å². The van der Waals surface area contributed by atoms with E-state index in [1.807, 2.05) is 0 Å². The molecule has 1 atom stereocenters. The third-order valence-corrected chi connectivity index (χ3v) is 6.66. The van der Waals surface area contributed by atoms with E-state index < -0.39 is 5.82 Å². The molecule has 1 fully saturated rings. The summed E-state index contributed by atoms with van der Waals surface area (Å²) in [5, 5.41) is 0.420. The van der Waals surface area contributed by atoms with Crippen molar-refractivity contribution in [2.45, 2.75) is 18.9 Å². The molecule has 9 heteroatoms. The molecular formula is C17H13Cl2FN2O2S2. The van der Waals surface area contributed by atoms with E-state index in [4.69, 9.17) is 27.9 Å². The average Bonchev–Trinajstić information content (AvgIpc) is 3.32. The Morgan fingerprint density at radius 2 is 2.23 bits per heavy atom. The molecule has 1 aliphatic rings. The Labute approximate surface area is 167 Å². The summed E-state index contributed by atoms with van der Waals surface area (Å²) in [5.74, 6) is -0.723. The van der Waals surface area contributed by atoms with Gasteiger partial charge >= 0.3 is 0 Å². The Morgan fingerprint density at radius 3 is 2.88 bits per heavy atom. The van der Waals surface area contributed by atoms with Crippen molar-refractivity contribution < 1.29 is 13.9 Å². The van der Waals surface area contributed by atoms with Crippen LogP contribution in [0.2, 0.25) is 8.67 Å². The Balaban J connectivity index is 1.75. The number of nitrogens with zero attached hydrogens (tertiary/aromatic N) is 2. The highest BCUT2D eigenvalue weighted by Gasteiger charge is 2.29. The molecule has 0 radical (unpaired) electrons. The molecule has 3 aromatic rings. The molecule has 1 saturated heterocycles. The smallest absolute Gasteiger partial charge is 0.262 e. The van der Waals surface area contributed by atoms with Gasteiger partial charge in [-0.2, -0.15) is 0 Å². The van der Waals surface area contributed by atoms with Gasteiger partial charge in [0.2, 0.25) is 0 Å². The van der Waals surface area contributed by atoms with Crippen LogP contribution in [0, 0.1) is 5.82 Å². The lowest BCUT2D eigenvalue weighted by atomic mass is 10.2. The summed E-state index contributed by atoms with van der Waals surface area (Å²) in [4.78, 5) is 19.0. The second-order valence-electron chi connectivity index (χ2n) is 5.87. The van der Waals surface area contributed by atoms with Gasteiger partial charge in [-0.15, -0.1) is 11.3 Å². The number of amides is 1. The number of fused-ring (bicyclic) bond motifs is 1. The molecule has 1 amide bonds. The van der Waals surface area contributed by atoms with E-state index in [1.165, 1.54) is 22.3 Å². The molecule has 0 bridgehead atoms. The standard InChI is InChI=1S/C17H13Cl2FN2O2S2/c18-13-7-10(15(19)26-13)16(23)22(8-9-3-2-6-24-9)17-21-14-11(20)4-1-5-12(14)25-17/h1,4-5,7,9H,2-3,6,8H2. The predicted octanol–water partition coefficient (Wildman–Crippen LogP) is 5.63. The zero-order chi connectivity index (χ0) is 18.3. The van der Waals surface area contributed by atoms with E-state index in [2.05, 4.69) is 4.98 Å². The maximum atomic E-state index is 14.0. The van der Waals surface area contributed by atoms with Gasteiger partial charge in [0.25, 0.3) is 5.91 Å². The van der Waals surface area contributed by atoms with Crippen LogP contribution in [0.4, 0.5) is 9.52 Å². The Hall–Kier alpha value is -1.25. The van der Waals surface area contributed by atoms with Crippen molar-refractivity contribution in [1.82, 2.24) is 4.98 Å². The zero-order valence-electron chi connectivity index (χ0n) is 13.4. The zero-order valence-corrected chi connectivity index (χ0v) is 16.5. The number of para-hydroxylation sites is 1. The van der Waals surface area contributed by atoms with Gasteiger partial charge < -0.3 is 4.74 Å². The third kappa shape index (κ3) is 3.46. The Morgan fingerprint density at radius 1 is 1.38 bits per heavy atom. The molecule has 0 aliphatic carbocycles. The van der Waals surface area contributed by atoms with E-state index in [1.54, 1.807) is 18.2 Å². The molecule has 3 heterocycles. The summed E-state index contributed by atoms with van der Waals surface area (Å²) >= 11 is 14.6. The molecule has 1 aliphatic heterocycles. The molecular weight excluding hydrogens is 418 g/mol. The van der Waals surface area contributed by atoms with Crippen molar-refractivity contribution in [1.29, 1.82) is 0 Å². The fraction of sp³-hybridized carbons (Fsp3) is 0.294. The first-order valence-corrected chi connectivity index (χ1v) is 10.3. The normalized spacial score (nSPS) is 17.1. The van der Waals surface area contributed by atoms with Crippen LogP contribution in [0.25, 0.3) is 10.2 Å². The highest BCUT2D eigenvalue weighted by Crippen LogP contribution is 2.36. The number of benzene rings is 1. The Kier molecular flexibility index (Phi) is 5.16. The lowest BCUT2D eigenvalue weighted by Gasteiger charge is -2.22. The van der Waals surface area contributed by atoms with E-state index in [9.17, 15) is 9.18 Å². The summed E-state index contributed by atoms with van der Waals surface area (Å²) < 4.78 is 21.2. The number of aromatic nitrogens is 1. The minimum Gasteiger partial charge on any atom is -0.376 e. The van der Waals surface area contributed by atoms with Crippen molar-refractivity contribution in [3.8, 4) is 0 Å². The Bertz CT molecular complexity index is 969. The summed E-state index contributed by atoms with van der Waals surface area (Å²) in [6, 6.07) is 6.31. The summed E-state index contributed by atoms with van der Waals surface area (Å²) in [7, 11) is 0. The monoisotopic (exact) mass is 430 g/mol. The van der Waals surface area contributed by atoms with Gasteiger partial charge in [0.05, 0.1) is 27.2 Å². The number of thiophene rings is 1. The van der Waals surface area contributed by atoms with Crippen molar-refractivity contribution in [3.05, 3.63) is 44.3 Å². The van der Waals surface area contributed by atoms with Crippen LogP contribution in [0.1, 0.15) is 23.2 Å². The quantitative estimate of drug-likeness (QED) is 0.538. The SMILES string of the molecule is O=C(c1cc(Cl)sc1Cl)N(CC1CCCO1)c1nc2c(F)cccc2s1. The predicted molar refractivity (Wildman–Crippen MR) is 105 cm³/mol. The van der Waals surface area contributed by atoms with Gasteiger partial charge in [-0.3, -0.25) is 9.69 Å². The first-order chi connectivity index (χ1) is 12.5. The van der Waals surface area contributed by atoms with Crippen LogP contribution < -0.4 is 4.90 Å². The minimum atomic E-state index is -0.411. The third-order valence-electron chi connectivity index (χ3n) is 4.13. The number of carbonyl (C=O) groups is 1. The van der Waals surface area contributed by atoms with Gasteiger partial charge in [0, 0.05) is 6.61 Å². The summed E-state index contributed by atoms with van der Waals surface area (Å²) in [6.45, 7) is 1.01. The molecule has 1 unspecified atom stereocenters. The fourth-order valence-corrected chi connectivity index (χ4v) is 5.33. The highest BCUT2D eigenvalue weighted by atomic mass is 35.5. The lowest BCUT2D eigenvalue weighted by molar-refractivity contribution is 0.0918. The molecule has 2 aromatic heterocycles. The largest absolute Gasteiger partial charge is 0.376 e. The summed E-state index contributed by atoms with van der Waals surface area (Å²) in [6.07, 6.45) is 1.73. The minimum absolute atomic E-state index is 0.0799. The van der Waals surface area contributed by atoms with Gasteiger partial charge in [-0.1, -0.05) is 40.6 Å². The van der Waals surface area contributed by atoms with Crippen LogP contribution in [-0.2, 0) is 4.74 Å². The fourth-order valence-electron chi connectivity index (χ4n) is 2.89. The molecule has 136 valence electrons. The number of carbonyl (C=O) groups excluding carboxylic acids is 1. The number of halogens is 3. The molecule has 0 spiro atoms. The van der Waals surface area contributed by atoms with Crippen molar-refractivity contribution in [2.75, 3.05) is 18.1 Å². The summed E-state index contributed by atoms with van der Waals surface area (Å²) in [5.41, 5.74) is 0.575. The molecule has 0 saturated carbocycles. The van der Waals surface area contributed by atoms with E-state index in [-0.39, 0.29) is 17.5 Å². The number of hydrogen-bond donors (Lipinski definition) is 0. The average molecular weight is 431 g/mol. The maximum Gasteiger partial charge on any atom is 0.262 e. The van der Waals surface area contributed by atoms with Crippen LogP contribution in [-0.4, -0.2) is 30.1 Å². The van der Waals surface area contributed by atoms with Gasteiger partial charge in [0.15, 0.2) is 5.13 Å². The second kappa shape index (κ2) is 7.40. The maximum absolute atomic E-state index is 14.0. The van der Waals surface area contributed by atoms with Crippen molar-refractivity contribution >= 4 is 67.1 Å². The topological polar surface area (TPSA) is 42.4 Å². The first-order valence-electron chi connectivity index (χ1n) is 7.96. The van der Waals surface area contributed by atoms with Crippen LogP contribution in [0.15, 0.2) is 24.3 Å². The van der Waals surface area contributed by atoms with Crippen LogP contribution in [0.5, 0.6) is 0 Å². The van der Waals surface area contributed by atoms with Crippen molar-refractivity contribution in [3.63, 3.8) is 0 Å². The number of rotatable bonds is 4. The second-order valence-corrected chi connectivity index (χ2v) is 9.17. The van der Waals surface area contributed by atoms with Gasteiger partial charge in [-0.25, -0.2) is 9.37 Å². The highest BCUT2D eigenvalue weighted by molar-refractivity contribution is 7.22. The molecule has 26 heavy (non-hydrogen) atoms. The lowest BCUT2D eigenvalue weighted by Crippen LogP contribution is -2.37. The molecule has 4 rings (SSSR count). The van der Waals surface area contributed by atoms with E-state index in [0.29, 0.717) is 37.2 Å². The van der Waals surface area contributed by atoms with Crippen molar-refractivity contribution in [2.24, 2.45) is 0 Å². The van der Waals surface area contributed by atoms with Crippen LogP contribution >= 0.6 is 45.9 Å². The molecule has 1 aromatic carbocycles. The van der Waals surface area contributed by atoms with E-state index >= 15 is 0 Å². The van der Waals surface area contributed by atoms with Gasteiger partial charge in [0.1, 0.15) is 15.7 Å².